The Morgan fingerprint density at radius 1 is 0.552 bits per heavy atom. The maximum absolute atomic E-state index is 11.4. The van der Waals surface area contributed by atoms with Crippen LogP contribution in [-0.4, -0.2) is 43.3 Å². The third kappa shape index (κ3) is 11.2. The molecule has 0 spiro atoms. The molecule has 0 saturated carbocycles. The standard InChI is InChI=1S/C12H27P.C2F6NO4S2.Au/c1-10(2,3)13(11(4,5)6)12(7,8)9;3-1(4,5)14(10,11)9-15(12,13)2(6,7)8;/h1-9H3;;/q;-1;+1/p+1. The Morgan fingerprint density at radius 3 is 0.793 bits per heavy atom. The summed E-state index contributed by atoms with van der Waals surface area (Å²) in [4.78, 5) is 0. The first kappa shape index (κ1) is 34.2. The van der Waals surface area contributed by atoms with Gasteiger partial charge < -0.3 is 4.13 Å². The first-order valence-corrected chi connectivity index (χ1v) is 12.2. The Kier molecular flexibility index (Phi) is 11.8. The van der Waals surface area contributed by atoms with Crippen molar-refractivity contribution < 1.29 is 65.6 Å². The molecule has 0 fully saturated rings. The summed E-state index contributed by atoms with van der Waals surface area (Å²) in [5, 5.41) is 1.46. The first-order chi connectivity index (χ1) is 11.6. The van der Waals surface area contributed by atoms with Gasteiger partial charge >= 0.3 is 33.4 Å². The quantitative estimate of drug-likeness (QED) is 0.215. The number of hydrogen-bond acceptors (Lipinski definition) is 4. The molecule has 0 aromatic rings. The minimum atomic E-state index is -6.72. The van der Waals surface area contributed by atoms with Crippen LogP contribution in [0.3, 0.4) is 0 Å². The maximum atomic E-state index is 11.4. The van der Waals surface area contributed by atoms with Crippen molar-refractivity contribution in [2.45, 2.75) is 88.8 Å². The van der Waals surface area contributed by atoms with E-state index in [0.29, 0.717) is 15.5 Å². The Morgan fingerprint density at radius 2 is 0.724 bits per heavy atom. The molecule has 0 radical (unpaired) electrons. The number of sulfonamides is 2. The minimum absolute atomic E-state index is 0. The molecule has 0 rings (SSSR count). The number of alkyl halides is 6. The van der Waals surface area contributed by atoms with Crippen molar-refractivity contribution in [2.75, 3.05) is 0 Å². The van der Waals surface area contributed by atoms with Crippen molar-refractivity contribution in [1.29, 1.82) is 0 Å². The van der Waals surface area contributed by atoms with Crippen LogP contribution in [0.1, 0.15) is 62.3 Å². The fourth-order valence-electron chi connectivity index (χ4n) is 3.59. The normalized spacial score (nSPS) is 14.8. The number of halogens is 6. The van der Waals surface area contributed by atoms with Crippen LogP contribution in [0.4, 0.5) is 26.3 Å². The molecule has 0 saturated heterocycles. The zero-order valence-electron chi connectivity index (χ0n) is 17.5. The average Bonchev–Trinajstić information content (AvgIpc) is 2.16. The van der Waals surface area contributed by atoms with Crippen LogP contribution < -0.4 is 0 Å². The van der Waals surface area contributed by atoms with E-state index in [-0.39, 0.29) is 22.4 Å². The Balaban J connectivity index is -0.000000455. The van der Waals surface area contributed by atoms with Gasteiger partial charge in [-0.25, -0.2) is 16.8 Å². The number of nitrogens with zero attached hydrogens (tertiary/aromatic N) is 1. The fourth-order valence-corrected chi connectivity index (χ4v) is 12.0. The van der Waals surface area contributed by atoms with Gasteiger partial charge in [0.2, 0.25) is 0 Å². The van der Waals surface area contributed by atoms with Gasteiger partial charge in [0.1, 0.15) is 0 Å². The molecule has 15 heteroatoms. The van der Waals surface area contributed by atoms with Gasteiger partial charge in [0.15, 0.2) is 20.0 Å². The van der Waals surface area contributed by atoms with E-state index in [9.17, 15) is 43.2 Å². The minimum Gasteiger partial charge on any atom is -0.421 e. The van der Waals surface area contributed by atoms with Gasteiger partial charge in [0, 0.05) is 7.92 Å². The van der Waals surface area contributed by atoms with Crippen molar-refractivity contribution in [2.24, 2.45) is 0 Å². The summed E-state index contributed by atoms with van der Waals surface area (Å²) in [6, 6.07) is 0. The first-order valence-electron chi connectivity index (χ1n) is 7.82. The van der Waals surface area contributed by atoms with Crippen molar-refractivity contribution in [3.05, 3.63) is 4.13 Å². The van der Waals surface area contributed by atoms with E-state index in [1.165, 1.54) is 0 Å². The molecule has 0 aromatic heterocycles. The summed E-state index contributed by atoms with van der Waals surface area (Å²) in [5.74, 6) is 0. The van der Waals surface area contributed by atoms with E-state index in [0.717, 1.165) is 4.13 Å². The van der Waals surface area contributed by atoms with E-state index >= 15 is 0 Å². The van der Waals surface area contributed by atoms with E-state index in [2.05, 4.69) is 62.3 Å². The molecule has 29 heavy (non-hydrogen) atoms. The summed E-state index contributed by atoms with van der Waals surface area (Å²) in [5.41, 5.74) is -12.4. The Bertz CT molecular complexity index is 655. The second kappa shape index (κ2) is 10.0. The van der Waals surface area contributed by atoms with E-state index < -0.39 is 39.0 Å². The molecule has 5 nitrogen and oxygen atoms in total. The van der Waals surface area contributed by atoms with Crippen molar-refractivity contribution >= 4 is 28.0 Å². The van der Waals surface area contributed by atoms with Crippen molar-refractivity contribution in [3.63, 3.8) is 0 Å². The van der Waals surface area contributed by atoms with Crippen LogP contribution in [0.2, 0.25) is 0 Å². The molecule has 0 bridgehead atoms. The average molecular weight is 680 g/mol. The van der Waals surface area contributed by atoms with Crippen molar-refractivity contribution in [1.82, 2.24) is 0 Å². The van der Waals surface area contributed by atoms with Crippen LogP contribution in [-0.2, 0) is 42.4 Å². The second-order valence-electron chi connectivity index (χ2n) is 9.04. The molecule has 0 aromatic carbocycles. The van der Waals surface area contributed by atoms with E-state index in [4.69, 9.17) is 0 Å². The van der Waals surface area contributed by atoms with Crippen LogP contribution in [0.25, 0.3) is 4.13 Å². The molecular weight excluding hydrogens is 652 g/mol. The predicted molar refractivity (Wildman–Crippen MR) is 101 cm³/mol. The molecule has 0 atom stereocenters. The topological polar surface area (TPSA) is 82.4 Å². The molecule has 0 heterocycles. The maximum Gasteiger partial charge on any atom is 1.00 e. The van der Waals surface area contributed by atoms with Gasteiger partial charge in [0.05, 0.1) is 15.5 Å². The van der Waals surface area contributed by atoms with Crippen LogP contribution >= 0.6 is 7.92 Å². The fraction of sp³-hybridized carbons (Fsp3) is 1.00. The van der Waals surface area contributed by atoms with Crippen LogP contribution in [0.15, 0.2) is 0 Å². The summed E-state index contributed by atoms with van der Waals surface area (Å²) in [7, 11) is -13.8. The van der Waals surface area contributed by atoms with Gasteiger partial charge in [-0.05, 0) is 62.3 Å². The number of hydrogen-bond donors (Lipinski definition) is 0. The Labute approximate surface area is 186 Å². The molecular formula is C14H28AuF6NO4PS2+. The smallest absolute Gasteiger partial charge is 0.421 e. The molecule has 0 N–H and O–H groups in total. The molecule has 0 aliphatic rings. The molecule has 0 amide bonds. The third-order valence-corrected chi connectivity index (χ3v) is 10.3. The number of rotatable bonds is 2. The van der Waals surface area contributed by atoms with E-state index in [1.807, 2.05) is 0 Å². The second-order valence-corrected chi connectivity index (χ2v) is 17.7. The molecule has 182 valence electrons. The van der Waals surface area contributed by atoms with Crippen LogP contribution in [0, 0.1) is 0 Å². The molecule has 0 unspecified atom stereocenters. The van der Waals surface area contributed by atoms with Gasteiger partial charge in [-0.15, -0.1) is 0 Å². The Hall–Kier alpha value is 0.610. The summed E-state index contributed by atoms with van der Waals surface area (Å²) < 4.78 is 109. The zero-order chi connectivity index (χ0) is 23.8. The third-order valence-electron chi connectivity index (χ3n) is 3.03. The molecule has 0 aliphatic carbocycles. The van der Waals surface area contributed by atoms with Gasteiger partial charge in [-0.3, -0.25) is 0 Å². The predicted octanol–water partition coefficient (Wildman–Crippen LogP) is 5.65. The monoisotopic (exact) mass is 680 g/mol. The van der Waals surface area contributed by atoms with Crippen LogP contribution in [0.5, 0.6) is 0 Å². The largest absolute Gasteiger partial charge is 1.00 e. The van der Waals surface area contributed by atoms with Crippen molar-refractivity contribution in [3.8, 4) is 0 Å². The summed E-state index contributed by atoms with van der Waals surface area (Å²) in [6.07, 6.45) is 0. The van der Waals surface area contributed by atoms with Gasteiger partial charge in [0.25, 0.3) is 0 Å². The molecule has 0 aliphatic heterocycles. The summed E-state index contributed by atoms with van der Waals surface area (Å²) >= 11 is 0. The SMILES string of the molecule is CC(C)(C)[PH+](C(C)(C)C)C(C)(C)C.O=S(=O)([N-]S(=O)(=O)C(F)(F)F)C(F)(F)F.[Au+]. The summed E-state index contributed by atoms with van der Waals surface area (Å²) in [6.45, 7) is 21.6. The van der Waals surface area contributed by atoms with Gasteiger partial charge in [-0.1, -0.05) is 0 Å². The zero-order valence-corrected chi connectivity index (χ0v) is 22.3. The van der Waals surface area contributed by atoms with Gasteiger partial charge in [-0.2, -0.15) is 26.3 Å². The van der Waals surface area contributed by atoms with E-state index in [1.54, 1.807) is 0 Å².